The van der Waals surface area contributed by atoms with Gasteiger partial charge >= 0.3 is 0 Å². The fourth-order valence-corrected chi connectivity index (χ4v) is 6.55. The number of amides is 1. The van der Waals surface area contributed by atoms with Crippen molar-refractivity contribution in [1.29, 1.82) is 0 Å². The second-order valence-corrected chi connectivity index (χ2v) is 10.4. The van der Waals surface area contributed by atoms with Gasteiger partial charge in [-0.05, 0) is 62.4 Å². The zero-order valence-electron chi connectivity index (χ0n) is 17.0. The minimum Gasteiger partial charge on any atom is -0.388 e. The lowest BCUT2D eigenvalue weighted by Crippen LogP contribution is -2.47. The van der Waals surface area contributed by atoms with Crippen molar-refractivity contribution in [1.82, 2.24) is 5.32 Å². The minimum absolute atomic E-state index is 0.00720. The highest BCUT2D eigenvalue weighted by Crippen LogP contribution is 2.45. The SMILES string of the molecule is CC(O)c1ccc(C2(CNC(=O)C3(c4ccc(Cl)cc4)CCCC3)CCCC2)s1. The summed E-state index contributed by atoms with van der Waals surface area (Å²) >= 11 is 7.79. The standard InChI is InChI=1S/C24H30ClNO2S/c1-17(27)20-10-11-21(29-20)23(12-2-3-13-23)16-26-22(28)24(14-4-5-15-24)18-6-8-19(25)9-7-18/h6-11,17,27H,2-5,12-16H2,1H3,(H,26,28). The molecule has 4 rings (SSSR count). The quantitative estimate of drug-likeness (QED) is 0.598. The van der Waals surface area contributed by atoms with Crippen LogP contribution in [0.15, 0.2) is 36.4 Å². The van der Waals surface area contributed by atoms with E-state index >= 15 is 0 Å². The Bertz CT molecular complexity index is 846. The summed E-state index contributed by atoms with van der Waals surface area (Å²) in [5.41, 5.74) is 0.669. The monoisotopic (exact) mass is 431 g/mol. The summed E-state index contributed by atoms with van der Waals surface area (Å²) in [6, 6.07) is 12.0. The van der Waals surface area contributed by atoms with Gasteiger partial charge in [-0.25, -0.2) is 0 Å². The van der Waals surface area contributed by atoms with Crippen LogP contribution >= 0.6 is 22.9 Å². The van der Waals surface area contributed by atoms with Crippen molar-refractivity contribution < 1.29 is 9.90 Å². The number of halogens is 1. The van der Waals surface area contributed by atoms with Gasteiger partial charge < -0.3 is 10.4 Å². The first-order valence-corrected chi connectivity index (χ1v) is 12.0. The van der Waals surface area contributed by atoms with E-state index in [-0.39, 0.29) is 11.3 Å². The molecule has 3 nitrogen and oxygen atoms in total. The predicted octanol–water partition coefficient (Wildman–Crippen LogP) is 5.89. The molecule has 2 aromatic rings. The molecule has 2 N–H and O–H groups in total. The van der Waals surface area contributed by atoms with Gasteiger partial charge in [0.1, 0.15) is 0 Å². The van der Waals surface area contributed by atoms with Crippen LogP contribution in [0, 0.1) is 0 Å². The van der Waals surface area contributed by atoms with Crippen LogP contribution in [0.25, 0.3) is 0 Å². The van der Waals surface area contributed by atoms with E-state index in [4.69, 9.17) is 11.6 Å². The normalized spacial score (nSPS) is 21.2. The van der Waals surface area contributed by atoms with Crippen LogP contribution in [0.1, 0.15) is 79.7 Å². The molecule has 5 heteroatoms. The summed E-state index contributed by atoms with van der Waals surface area (Å²) in [5.74, 6) is 0.163. The maximum absolute atomic E-state index is 13.5. The Kier molecular flexibility index (Phi) is 6.06. The smallest absolute Gasteiger partial charge is 0.230 e. The average Bonchev–Trinajstić information content (AvgIpc) is 3.47. The molecule has 1 unspecified atom stereocenters. The molecule has 1 aromatic heterocycles. The summed E-state index contributed by atoms with van der Waals surface area (Å²) in [6.45, 7) is 2.50. The lowest BCUT2D eigenvalue weighted by Gasteiger charge is -2.33. The third-order valence-electron chi connectivity index (χ3n) is 7.00. The summed E-state index contributed by atoms with van der Waals surface area (Å²) in [7, 11) is 0. The van der Waals surface area contributed by atoms with E-state index in [1.54, 1.807) is 11.3 Å². The van der Waals surface area contributed by atoms with Crippen LogP contribution in [0.2, 0.25) is 5.02 Å². The maximum atomic E-state index is 13.5. The van der Waals surface area contributed by atoms with Gasteiger partial charge in [0.15, 0.2) is 0 Å². The lowest BCUT2D eigenvalue weighted by molar-refractivity contribution is -0.127. The van der Waals surface area contributed by atoms with Gasteiger partial charge in [0, 0.05) is 26.7 Å². The molecular weight excluding hydrogens is 402 g/mol. The first-order valence-electron chi connectivity index (χ1n) is 10.8. The molecule has 0 bridgehead atoms. The first-order chi connectivity index (χ1) is 14.0. The Hall–Kier alpha value is -1.36. The van der Waals surface area contributed by atoms with E-state index in [1.807, 2.05) is 37.3 Å². The molecule has 0 radical (unpaired) electrons. The van der Waals surface area contributed by atoms with Gasteiger partial charge in [-0.1, -0.05) is 49.4 Å². The topological polar surface area (TPSA) is 49.3 Å². The summed E-state index contributed by atoms with van der Waals surface area (Å²) in [6.07, 6.45) is 8.13. The van der Waals surface area contributed by atoms with Crippen molar-refractivity contribution in [2.45, 2.75) is 75.2 Å². The highest BCUT2D eigenvalue weighted by molar-refractivity contribution is 7.12. The van der Waals surface area contributed by atoms with Gasteiger partial charge in [0.2, 0.25) is 5.91 Å². The zero-order chi connectivity index (χ0) is 20.5. The second kappa shape index (κ2) is 8.41. The van der Waals surface area contributed by atoms with Gasteiger partial charge in [-0.2, -0.15) is 0 Å². The molecule has 2 saturated carbocycles. The van der Waals surface area contributed by atoms with E-state index < -0.39 is 11.5 Å². The highest BCUT2D eigenvalue weighted by atomic mass is 35.5. The van der Waals surface area contributed by atoms with E-state index in [9.17, 15) is 9.90 Å². The molecule has 2 aliphatic rings. The van der Waals surface area contributed by atoms with Crippen LogP contribution in [0.5, 0.6) is 0 Å². The Morgan fingerprint density at radius 3 is 2.28 bits per heavy atom. The third-order valence-corrected chi connectivity index (χ3v) is 8.75. The van der Waals surface area contributed by atoms with Gasteiger partial charge in [0.05, 0.1) is 11.5 Å². The predicted molar refractivity (Wildman–Crippen MR) is 120 cm³/mol. The number of thiophene rings is 1. The van der Waals surface area contributed by atoms with Gasteiger partial charge in [-0.15, -0.1) is 11.3 Å². The number of hydrogen-bond donors (Lipinski definition) is 2. The van der Waals surface area contributed by atoms with Crippen molar-refractivity contribution in [2.24, 2.45) is 0 Å². The molecule has 1 heterocycles. The number of nitrogens with one attached hydrogen (secondary N) is 1. The van der Waals surface area contributed by atoms with Crippen LogP contribution in [-0.4, -0.2) is 17.6 Å². The van der Waals surface area contributed by atoms with Crippen LogP contribution in [-0.2, 0) is 15.6 Å². The van der Waals surface area contributed by atoms with Gasteiger partial charge in [-0.3, -0.25) is 4.79 Å². The molecule has 1 atom stereocenters. The van der Waals surface area contributed by atoms with E-state index in [0.717, 1.165) is 49.0 Å². The maximum Gasteiger partial charge on any atom is 0.230 e. The van der Waals surface area contributed by atoms with Crippen LogP contribution < -0.4 is 5.32 Å². The Labute approximate surface area is 182 Å². The number of aliphatic hydroxyl groups excluding tert-OH is 1. The number of rotatable bonds is 6. The largest absolute Gasteiger partial charge is 0.388 e. The van der Waals surface area contributed by atoms with Crippen LogP contribution in [0.4, 0.5) is 0 Å². The highest BCUT2D eigenvalue weighted by Gasteiger charge is 2.44. The third kappa shape index (κ3) is 3.99. The van der Waals surface area contributed by atoms with E-state index in [2.05, 4.69) is 11.4 Å². The van der Waals surface area contributed by atoms with Crippen molar-refractivity contribution in [3.05, 3.63) is 56.7 Å². The molecule has 0 saturated heterocycles. The number of aliphatic hydroxyl groups is 1. The van der Waals surface area contributed by atoms with Crippen molar-refractivity contribution in [2.75, 3.05) is 6.54 Å². The van der Waals surface area contributed by atoms with E-state index in [1.165, 1.54) is 17.7 Å². The second-order valence-electron chi connectivity index (χ2n) is 8.84. The summed E-state index contributed by atoms with van der Waals surface area (Å²) in [5, 5.41) is 14.0. The molecular formula is C24H30ClNO2S. The summed E-state index contributed by atoms with van der Waals surface area (Å²) in [4.78, 5) is 15.8. The Balaban J connectivity index is 1.55. The van der Waals surface area contributed by atoms with Gasteiger partial charge in [0.25, 0.3) is 0 Å². The number of carbonyl (C=O) groups excluding carboxylic acids is 1. The van der Waals surface area contributed by atoms with E-state index in [0.29, 0.717) is 11.6 Å². The first kappa shape index (κ1) is 20.9. The molecule has 156 valence electrons. The number of hydrogen-bond acceptors (Lipinski definition) is 3. The molecule has 0 aliphatic heterocycles. The molecule has 29 heavy (non-hydrogen) atoms. The Morgan fingerprint density at radius 1 is 1.07 bits per heavy atom. The van der Waals surface area contributed by atoms with Crippen molar-refractivity contribution >= 4 is 28.8 Å². The lowest BCUT2D eigenvalue weighted by atomic mass is 9.77. The van der Waals surface area contributed by atoms with Crippen molar-refractivity contribution in [3.63, 3.8) is 0 Å². The molecule has 0 spiro atoms. The molecule has 1 amide bonds. The summed E-state index contributed by atoms with van der Waals surface area (Å²) < 4.78 is 0. The van der Waals surface area contributed by atoms with Crippen molar-refractivity contribution in [3.8, 4) is 0 Å². The fourth-order valence-electron chi connectivity index (χ4n) is 5.24. The zero-order valence-corrected chi connectivity index (χ0v) is 18.6. The number of benzene rings is 1. The molecule has 2 aliphatic carbocycles. The minimum atomic E-state index is -0.437. The average molecular weight is 432 g/mol. The molecule has 1 aromatic carbocycles. The number of carbonyl (C=O) groups is 1. The molecule has 2 fully saturated rings. The fraction of sp³-hybridized carbons (Fsp3) is 0.542. The Morgan fingerprint density at radius 2 is 1.69 bits per heavy atom. The van der Waals surface area contributed by atoms with Crippen LogP contribution in [0.3, 0.4) is 0 Å².